The lowest BCUT2D eigenvalue weighted by molar-refractivity contribution is 0.106. The standard InChI is InChI=1S/C28H35BCl2N6O4/c1-35-5-2-6-37(10-9-35)28-32-16-25(17-33-28)41-27-12-21(11-26(34-27)22-13-23(30)15-24(31)14-22)18-36-7-3-20(4-8-36)19-40-29(38)39/h11-17,20,38-39H,2-10,18-19H2,1H3. The number of aromatic nitrogens is 3. The molecule has 2 aromatic heterocycles. The number of pyridine rings is 1. The van der Waals surface area contributed by atoms with Gasteiger partial charge in [-0.05, 0) is 81.7 Å². The highest BCUT2D eigenvalue weighted by Crippen LogP contribution is 2.31. The average molecular weight is 601 g/mol. The molecule has 41 heavy (non-hydrogen) atoms. The van der Waals surface area contributed by atoms with Gasteiger partial charge >= 0.3 is 7.32 Å². The van der Waals surface area contributed by atoms with Crippen molar-refractivity contribution in [1.29, 1.82) is 0 Å². The highest BCUT2D eigenvalue weighted by Gasteiger charge is 2.22. The van der Waals surface area contributed by atoms with Crippen LogP contribution < -0.4 is 9.64 Å². The van der Waals surface area contributed by atoms with Crippen LogP contribution in [0.3, 0.4) is 0 Å². The SMILES string of the molecule is CN1CCCN(c2ncc(Oc3cc(CN4CCC(COB(O)O)CC4)cc(-c4cc(Cl)cc(Cl)c4)n3)cn2)CC1. The van der Waals surface area contributed by atoms with Crippen molar-refractivity contribution in [2.45, 2.75) is 25.8 Å². The number of benzene rings is 1. The molecule has 2 aliphatic heterocycles. The lowest BCUT2D eigenvalue weighted by atomic mass is 9.97. The fourth-order valence-electron chi connectivity index (χ4n) is 5.24. The van der Waals surface area contributed by atoms with E-state index in [2.05, 4.69) is 31.7 Å². The van der Waals surface area contributed by atoms with Crippen LogP contribution in [0.1, 0.15) is 24.8 Å². The minimum Gasteiger partial charge on any atom is -0.436 e. The van der Waals surface area contributed by atoms with Crippen molar-refractivity contribution in [1.82, 2.24) is 24.8 Å². The van der Waals surface area contributed by atoms with Crippen molar-refractivity contribution in [3.8, 4) is 22.9 Å². The number of nitrogens with zero attached hydrogens (tertiary/aromatic N) is 6. The second-order valence-electron chi connectivity index (χ2n) is 10.7. The molecular weight excluding hydrogens is 566 g/mol. The maximum absolute atomic E-state index is 8.99. The highest BCUT2D eigenvalue weighted by molar-refractivity contribution is 6.35. The van der Waals surface area contributed by atoms with E-state index in [1.54, 1.807) is 18.5 Å². The first-order chi connectivity index (χ1) is 19.8. The maximum Gasteiger partial charge on any atom is 0.633 e. The molecule has 0 radical (unpaired) electrons. The van der Waals surface area contributed by atoms with Gasteiger partial charge in [0.05, 0.1) is 18.1 Å². The van der Waals surface area contributed by atoms with E-state index in [-0.39, 0.29) is 0 Å². The van der Waals surface area contributed by atoms with Crippen molar-refractivity contribution < 1.29 is 19.4 Å². The molecule has 0 amide bonds. The number of piperidine rings is 1. The summed E-state index contributed by atoms with van der Waals surface area (Å²) in [5.41, 5.74) is 2.53. The Morgan fingerprint density at radius 1 is 0.927 bits per heavy atom. The van der Waals surface area contributed by atoms with Crippen LogP contribution in [-0.2, 0) is 11.2 Å². The third-order valence-corrected chi connectivity index (χ3v) is 7.89. The van der Waals surface area contributed by atoms with Crippen LogP contribution in [0.15, 0.2) is 42.7 Å². The molecule has 218 valence electrons. The minimum absolute atomic E-state index is 0.298. The number of likely N-dealkylation sites (N-methyl/N-ethyl adjacent to an activating group) is 1. The van der Waals surface area contributed by atoms with Gasteiger partial charge in [0, 0.05) is 54.5 Å². The van der Waals surface area contributed by atoms with Crippen LogP contribution in [0, 0.1) is 5.92 Å². The van der Waals surface area contributed by atoms with Gasteiger partial charge in [0.1, 0.15) is 0 Å². The Bertz CT molecular complexity index is 1280. The van der Waals surface area contributed by atoms with Gasteiger partial charge < -0.3 is 29.2 Å². The third-order valence-electron chi connectivity index (χ3n) is 7.45. The van der Waals surface area contributed by atoms with E-state index >= 15 is 0 Å². The molecule has 0 spiro atoms. The smallest absolute Gasteiger partial charge is 0.436 e. The molecule has 1 aromatic carbocycles. The van der Waals surface area contributed by atoms with Crippen LogP contribution in [0.4, 0.5) is 5.95 Å². The summed E-state index contributed by atoms with van der Waals surface area (Å²) in [4.78, 5) is 20.8. The summed E-state index contributed by atoms with van der Waals surface area (Å²) >= 11 is 12.6. The first-order valence-corrected chi connectivity index (χ1v) is 14.7. The molecule has 0 bridgehead atoms. The van der Waals surface area contributed by atoms with Crippen LogP contribution >= 0.6 is 23.2 Å². The largest absolute Gasteiger partial charge is 0.633 e. The monoisotopic (exact) mass is 600 g/mol. The van der Waals surface area contributed by atoms with Crippen LogP contribution in [-0.4, -0.2) is 95.0 Å². The van der Waals surface area contributed by atoms with E-state index in [9.17, 15) is 0 Å². The van der Waals surface area contributed by atoms with Crippen molar-refractivity contribution in [2.75, 3.05) is 57.8 Å². The normalized spacial score (nSPS) is 17.4. The summed E-state index contributed by atoms with van der Waals surface area (Å²) in [5, 5.41) is 19.0. The second kappa shape index (κ2) is 14.1. The van der Waals surface area contributed by atoms with Crippen LogP contribution in [0.2, 0.25) is 10.0 Å². The summed E-state index contributed by atoms with van der Waals surface area (Å²) in [6, 6.07) is 9.33. The molecule has 2 saturated heterocycles. The molecular formula is C28H35BCl2N6O4. The highest BCUT2D eigenvalue weighted by atomic mass is 35.5. The summed E-state index contributed by atoms with van der Waals surface area (Å²) in [6.45, 7) is 6.64. The Labute approximate surface area is 251 Å². The Hall–Kier alpha value is -2.51. The molecule has 0 aliphatic carbocycles. The van der Waals surface area contributed by atoms with Crippen molar-refractivity contribution in [2.24, 2.45) is 5.92 Å². The van der Waals surface area contributed by atoms with Gasteiger partial charge in [-0.1, -0.05) is 23.2 Å². The van der Waals surface area contributed by atoms with Gasteiger partial charge in [-0.3, -0.25) is 4.90 Å². The van der Waals surface area contributed by atoms with E-state index in [4.69, 9.17) is 47.6 Å². The quantitative estimate of drug-likeness (QED) is 0.350. The van der Waals surface area contributed by atoms with Gasteiger partial charge in [-0.15, -0.1) is 0 Å². The molecule has 10 nitrogen and oxygen atoms in total. The number of rotatable bonds is 9. The van der Waals surface area contributed by atoms with E-state index < -0.39 is 7.32 Å². The van der Waals surface area contributed by atoms with Crippen molar-refractivity contribution in [3.05, 3.63) is 58.3 Å². The first-order valence-electron chi connectivity index (χ1n) is 13.9. The lowest BCUT2D eigenvalue weighted by Gasteiger charge is -2.32. The summed E-state index contributed by atoms with van der Waals surface area (Å²) < 4.78 is 11.1. The van der Waals surface area contributed by atoms with Crippen molar-refractivity contribution in [3.63, 3.8) is 0 Å². The Morgan fingerprint density at radius 2 is 1.66 bits per heavy atom. The van der Waals surface area contributed by atoms with E-state index in [0.717, 1.165) is 69.7 Å². The number of hydrogen-bond donors (Lipinski definition) is 2. The molecule has 2 aliphatic rings. The maximum atomic E-state index is 8.99. The molecule has 13 heteroatoms. The molecule has 0 saturated carbocycles. The number of ether oxygens (including phenoxy) is 1. The lowest BCUT2D eigenvalue weighted by Crippen LogP contribution is -2.35. The van der Waals surface area contributed by atoms with Crippen LogP contribution in [0.5, 0.6) is 11.6 Å². The first kappa shape index (κ1) is 30.0. The zero-order valence-electron chi connectivity index (χ0n) is 23.1. The molecule has 5 rings (SSSR count). The van der Waals surface area contributed by atoms with E-state index in [0.29, 0.717) is 52.4 Å². The topological polar surface area (TPSA) is 107 Å². The number of anilines is 1. The summed E-state index contributed by atoms with van der Waals surface area (Å²) in [7, 11) is 0.413. The zero-order chi connectivity index (χ0) is 28.8. The molecule has 0 unspecified atom stereocenters. The number of hydrogen-bond acceptors (Lipinski definition) is 10. The fraction of sp³-hybridized carbons (Fsp3) is 0.464. The van der Waals surface area contributed by atoms with Gasteiger partial charge in [-0.2, -0.15) is 0 Å². The summed E-state index contributed by atoms with van der Waals surface area (Å²) in [5.74, 6) is 1.94. The Morgan fingerprint density at radius 3 is 2.37 bits per heavy atom. The van der Waals surface area contributed by atoms with E-state index in [1.165, 1.54) is 0 Å². The van der Waals surface area contributed by atoms with Gasteiger partial charge in [-0.25, -0.2) is 15.0 Å². The fourth-order valence-corrected chi connectivity index (χ4v) is 5.76. The van der Waals surface area contributed by atoms with Gasteiger partial charge in [0.15, 0.2) is 5.75 Å². The predicted molar refractivity (Wildman–Crippen MR) is 160 cm³/mol. The molecule has 3 aromatic rings. The molecule has 4 heterocycles. The third kappa shape index (κ3) is 8.75. The van der Waals surface area contributed by atoms with E-state index in [1.807, 2.05) is 24.3 Å². The summed E-state index contributed by atoms with van der Waals surface area (Å²) in [6.07, 6.45) is 6.28. The number of likely N-dealkylation sites (tertiary alicyclic amines) is 1. The average Bonchev–Trinajstić information content (AvgIpc) is 3.17. The van der Waals surface area contributed by atoms with Crippen molar-refractivity contribution >= 4 is 36.5 Å². The van der Waals surface area contributed by atoms with Gasteiger partial charge in [0.25, 0.3) is 0 Å². The van der Waals surface area contributed by atoms with Gasteiger partial charge in [0.2, 0.25) is 11.8 Å². The second-order valence-corrected chi connectivity index (χ2v) is 11.6. The Balaban J connectivity index is 1.32. The zero-order valence-corrected chi connectivity index (χ0v) is 24.6. The molecule has 0 atom stereocenters. The minimum atomic E-state index is -1.72. The molecule has 2 N–H and O–H groups in total. The van der Waals surface area contributed by atoms with Crippen LogP contribution in [0.25, 0.3) is 11.3 Å². The Kier molecular flexibility index (Phi) is 10.3. The predicted octanol–water partition coefficient (Wildman–Crippen LogP) is 3.98. The molecule has 2 fully saturated rings. The number of halogens is 2.